The monoisotopic (exact) mass is 242 g/mol. The standard InChI is InChI=1S/C15H18N2O/c1-10(2)18-14-7-13(8-17-9-14)12-4-5-15(16)11(3)6-12/h4-10H,16H2,1-3H3. The highest BCUT2D eigenvalue weighted by Crippen LogP contribution is 2.25. The SMILES string of the molecule is Cc1cc(-c2cncc(OC(C)C)c2)ccc1N. The van der Waals surface area contributed by atoms with Crippen LogP contribution in [0.25, 0.3) is 11.1 Å². The van der Waals surface area contributed by atoms with Crippen molar-refractivity contribution in [2.45, 2.75) is 26.9 Å². The maximum Gasteiger partial charge on any atom is 0.138 e. The lowest BCUT2D eigenvalue weighted by molar-refractivity contribution is 0.241. The van der Waals surface area contributed by atoms with Gasteiger partial charge in [0.2, 0.25) is 0 Å². The van der Waals surface area contributed by atoms with Crippen molar-refractivity contribution in [1.82, 2.24) is 4.98 Å². The van der Waals surface area contributed by atoms with E-state index in [1.54, 1.807) is 6.20 Å². The van der Waals surface area contributed by atoms with Crippen molar-refractivity contribution in [3.63, 3.8) is 0 Å². The molecular formula is C15H18N2O. The lowest BCUT2D eigenvalue weighted by Crippen LogP contribution is -2.05. The number of aromatic nitrogens is 1. The second-order valence-electron chi connectivity index (χ2n) is 4.65. The van der Waals surface area contributed by atoms with Crippen LogP contribution in [0.4, 0.5) is 5.69 Å². The smallest absolute Gasteiger partial charge is 0.138 e. The van der Waals surface area contributed by atoms with Crippen molar-refractivity contribution in [3.8, 4) is 16.9 Å². The van der Waals surface area contributed by atoms with Crippen molar-refractivity contribution >= 4 is 5.69 Å². The van der Waals surface area contributed by atoms with Gasteiger partial charge in [-0.05, 0) is 50.1 Å². The Balaban J connectivity index is 2.35. The van der Waals surface area contributed by atoms with E-state index in [-0.39, 0.29) is 6.10 Å². The number of rotatable bonds is 3. The van der Waals surface area contributed by atoms with Crippen LogP contribution in [0, 0.1) is 6.92 Å². The number of nitrogens with two attached hydrogens (primary N) is 1. The summed E-state index contributed by atoms with van der Waals surface area (Å²) in [6.07, 6.45) is 3.71. The summed E-state index contributed by atoms with van der Waals surface area (Å²) in [7, 11) is 0. The number of anilines is 1. The van der Waals surface area contributed by atoms with Crippen molar-refractivity contribution in [2.24, 2.45) is 0 Å². The van der Waals surface area contributed by atoms with E-state index in [0.717, 1.165) is 28.1 Å². The van der Waals surface area contributed by atoms with Crippen LogP contribution in [0.3, 0.4) is 0 Å². The van der Waals surface area contributed by atoms with Crippen LogP contribution in [-0.4, -0.2) is 11.1 Å². The van der Waals surface area contributed by atoms with Gasteiger partial charge in [0.15, 0.2) is 0 Å². The maximum atomic E-state index is 5.82. The minimum atomic E-state index is 0.148. The summed E-state index contributed by atoms with van der Waals surface area (Å²) in [6, 6.07) is 7.97. The zero-order valence-corrected chi connectivity index (χ0v) is 11.0. The first-order valence-electron chi connectivity index (χ1n) is 6.04. The Morgan fingerprint density at radius 1 is 1.11 bits per heavy atom. The average molecular weight is 242 g/mol. The average Bonchev–Trinajstić information content (AvgIpc) is 2.32. The fraction of sp³-hybridized carbons (Fsp3) is 0.267. The Kier molecular flexibility index (Phi) is 3.51. The molecule has 0 fully saturated rings. The quantitative estimate of drug-likeness (QED) is 0.839. The molecule has 1 aromatic carbocycles. The summed E-state index contributed by atoms with van der Waals surface area (Å²) < 4.78 is 5.64. The van der Waals surface area contributed by atoms with Gasteiger partial charge in [0, 0.05) is 17.4 Å². The van der Waals surface area contributed by atoms with Gasteiger partial charge in [0.25, 0.3) is 0 Å². The van der Waals surface area contributed by atoms with E-state index in [1.165, 1.54) is 0 Å². The van der Waals surface area contributed by atoms with Crippen LogP contribution < -0.4 is 10.5 Å². The predicted octanol–water partition coefficient (Wildman–Crippen LogP) is 3.43. The minimum Gasteiger partial charge on any atom is -0.489 e. The molecule has 94 valence electrons. The van der Waals surface area contributed by atoms with E-state index in [0.29, 0.717) is 0 Å². The highest BCUT2D eigenvalue weighted by atomic mass is 16.5. The van der Waals surface area contributed by atoms with E-state index in [4.69, 9.17) is 10.5 Å². The molecule has 1 aromatic heterocycles. The molecule has 0 amide bonds. The number of nitrogens with zero attached hydrogens (tertiary/aromatic N) is 1. The van der Waals surface area contributed by atoms with Crippen molar-refractivity contribution < 1.29 is 4.74 Å². The Morgan fingerprint density at radius 2 is 1.89 bits per heavy atom. The molecule has 2 N–H and O–H groups in total. The molecule has 0 spiro atoms. The first kappa shape index (κ1) is 12.4. The molecule has 0 atom stereocenters. The number of hydrogen-bond acceptors (Lipinski definition) is 3. The van der Waals surface area contributed by atoms with Crippen LogP contribution in [0.1, 0.15) is 19.4 Å². The maximum absolute atomic E-state index is 5.82. The Labute approximate surface area is 108 Å². The third-order valence-electron chi connectivity index (χ3n) is 2.69. The highest BCUT2D eigenvalue weighted by molar-refractivity contribution is 5.67. The van der Waals surface area contributed by atoms with E-state index in [1.807, 2.05) is 45.2 Å². The summed E-state index contributed by atoms with van der Waals surface area (Å²) in [5, 5.41) is 0. The molecule has 0 aliphatic rings. The largest absolute Gasteiger partial charge is 0.489 e. The van der Waals surface area contributed by atoms with Gasteiger partial charge in [0.1, 0.15) is 5.75 Å². The van der Waals surface area contributed by atoms with Crippen LogP contribution in [0.15, 0.2) is 36.7 Å². The second-order valence-corrected chi connectivity index (χ2v) is 4.65. The first-order chi connectivity index (χ1) is 8.56. The van der Waals surface area contributed by atoms with E-state index in [9.17, 15) is 0 Å². The van der Waals surface area contributed by atoms with Gasteiger partial charge < -0.3 is 10.5 Å². The molecule has 0 bridgehead atoms. The van der Waals surface area contributed by atoms with Gasteiger partial charge >= 0.3 is 0 Å². The van der Waals surface area contributed by atoms with Crippen LogP contribution in [0.2, 0.25) is 0 Å². The highest BCUT2D eigenvalue weighted by Gasteiger charge is 2.04. The zero-order chi connectivity index (χ0) is 13.1. The van der Waals surface area contributed by atoms with Crippen molar-refractivity contribution in [1.29, 1.82) is 0 Å². The normalized spacial score (nSPS) is 10.7. The lowest BCUT2D eigenvalue weighted by atomic mass is 10.0. The third-order valence-corrected chi connectivity index (χ3v) is 2.69. The molecular weight excluding hydrogens is 224 g/mol. The number of nitrogen functional groups attached to an aromatic ring is 1. The lowest BCUT2D eigenvalue weighted by Gasteiger charge is -2.11. The number of ether oxygens (including phenoxy) is 1. The first-order valence-corrected chi connectivity index (χ1v) is 6.04. The number of pyridine rings is 1. The summed E-state index contributed by atoms with van der Waals surface area (Å²) in [6.45, 7) is 6.00. The molecule has 0 saturated heterocycles. The Hall–Kier alpha value is -2.03. The summed E-state index contributed by atoms with van der Waals surface area (Å²) >= 11 is 0. The van der Waals surface area contributed by atoms with E-state index < -0.39 is 0 Å². The molecule has 1 heterocycles. The molecule has 18 heavy (non-hydrogen) atoms. The number of aryl methyl sites for hydroxylation is 1. The summed E-state index contributed by atoms with van der Waals surface area (Å²) in [5.41, 5.74) is 9.84. The fourth-order valence-electron chi connectivity index (χ4n) is 1.77. The summed E-state index contributed by atoms with van der Waals surface area (Å²) in [4.78, 5) is 4.21. The molecule has 3 heteroatoms. The molecule has 0 radical (unpaired) electrons. The molecule has 3 nitrogen and oxygen atoms in total. The minimum absolute atomic E-state index is 0.148. The zero-order valence-electron chi connectivity index (χ0n) is 11.0. The van der Waals surface area contributed by atoms with E-state index in [2.05, 4.69) is 11.1 Å². The van der Waals surface area contributed by atoms with Crippen LogP contribution in [0.5, 0.6) is 5.75 Å². The predicted molar refractivity (Wildman–Crippen MR) is 74.6 cm³/mol. The van der Waals surface area contributed by atoms with Gasteiger partial charge in [-0.2, -0.15) is 0 Å². The van der Waals surface area contributed by atoms with Crippen LogP contribution in [-0.2, 0) is 0 Å². The van der Waals surface area contributed by atoms with Crippen LogP contribution >= 0.6 is 0 Å². The molecule has 0 unspecified atom stereocenters. The molecule has 0 aliphatic carbocycles. The molecule has 2 rings (SSSR count). The third kappa shape index (κ3) is 2.80. The fourth-order valence-corrected chi connectivity index (χ4v) is 1.77. The summed E-state index contributed by atoms with van der Waals surface area (Å²) in [5.74, 6) is 0.789. The van der Waals surface area contributed by atoms with Crippen molar-refractivity contribution in [3.05, 3.63) is 42.2 Å². The Morgan fingerprint density at radius 3 is 2.56 bits per heavy atom. The van der Waals surface area contributed by atoms with Gasteiger partial charge in [-0.25, -0.2) is 0 Å². The molecule has 0 aliphatic heterocycles. The Bertz CT molecular complexity index is 550. The van der Waals surface area contributed by atoms with E-state index >= 15 is 0 Å². The number of benzene rings is 1. The second kappa shape index (κ2) is 5.08. The molecule has 2 aromatic rings. The van der Waals surface area contributed by atoms with Gasteiger partial charge in [-0.3, -0.25) is 4.98 Å². The van der Waals surface area contributed by atoms with Gasteiger partial charge in [-0.1, -0.05) is 6.07 Å². The number of hydrogen-bond donors (Lipinski definition) is 1. The van der Waals surface area contributed by atoms with Gasteiger partial charge in [0.05, 0.1) is 12.3 Å². The van der Waals surface area contributed by atoms with Crippen molar-refractivity contribution in [2.75, 3.05) is 5.73 Å². The topological polar surface area (TPSA) is 48.1 Å². The molecule has 0 saturated carbocycles. The van der Waals surface area contributed by atoms with Gasteiger partial charge in [-0.15, -0.1) is 0 Å².